The number of pyridine rings is 1. The third kappa shape index (κ3) is 4.19. The molecule has 1 aromatic heterocycles. The number of allylic oxidation sites excluding steroid dienone is 1. The highest BCUT2D eigenvalue weighted by molar-refractivity contribution is 6.32. The predicted octanol–water partition coefficient (Wildman–Crippen LogP) is 4.60. The molecule has 0 saturated heterocycles. The van der Waals surface area contributed by atoms with E-state index >= 15 is 0 Å². The lowest BCUT2D eigenvalue weighted by Crippen LogP contribution is -2.39. The van der Waals surface area contributed by atoms with Crippen molar-refractivity contribution in [2.75, 3.05) is 5.32 Å². The first-order valence-electron chi connectivity index (χ1n) is 8.70. The molecule has 0 amide bonds. The summed E-state index contributed by atoms with van der Waals surface area (Å²) in [6, 6.07) is 11.0. The number of aliphatic hydroxyl groups is 1. The normalized spacial score (nSPS) is 17.5. The largest absolute Gasteiger partial charge is 0.512 e. The number of aliphatic hydroxyl groups excluding tert-OH is 1. The number of carbonyl (C=O) groups excluding carboxylic acids is 2. The van der Waals surface area contributed by atoms with Crippen molar-refractivity contribution < 1.29 is 14.7 Å². The molecule has 6 heteroatoms. The summed E-state index contributed by atoms with van der Waals surface area (Å²) >= 11 is 6.13. The summed E-state index contributed by atoms with van der Waals surface area (Å²) in [4.78, 5) is 30.0. The highest BCUT2D eigenvalue weighted by atomic mass is 35.5. The molecule has 0 spiro atoms. The number of carbonyl (C=O) groups is 2. The van der Waals surface area contributed by atoms with Crippen molar-refractivity contribution in [1.82, 2.24) is 4.98 Å². The van der Waals surface area contributed by atoms with Gasteiger partial charge in [0.25, 0.3) is 0 Å². The SMILES string of the molecule is CC1(C)CC(=O)C(C(Nc2cccnc2Cl)C(=O)c2ccccc2)=C(O)C1. The fraction of sp³-hybridized carbons (Fsp3) is 0.286. The minimum absolute atomic E-state index is 0.0574. The molecule has 27 heavy (non-hydrogen) atoms. The highest BCUT2D eigenvalue weighted by Crippen LogP contribution is 2.38. The molecule has 1 aromatic carbocycles. The van der Waals surface area contributed by atoms with Gasteiger partial charge in [-0.1, -0.05) is 55.8 Å². The Hall–Kier alpha value is -2.66. The summed E-state index contributed by atoms with van der Waals surface area (Å²) < 4.78 is 0. The zero-order valence-electron chi connectivity index (χ0n) is 15.2. The van der Waals surface area contributed by atoms with Gasteiger partial charge >= 0.3 is 0 Å². The zero-order chi connectivity index (χ0) is 19.6. The van der Waals surface area contributed by atoms with Gasteiger partial charge < -0.3 is 10.4 Å². The highest BCUT2D eigenvalue weighted by Gasteiger charge is 2.39. The van der Waals surface area contributed by atoms with Gasteiger partial charge in [-0.15, -0.1) is 0 Å². The second-order valence-electron chi connectivity index (χ2n) is 7.45. The summed E-state index contributed by atoms with van der Waals surface area (Å²) in [7, 11) is 0. The van der Waals surface area contributed by atoms with Gasteiger partial charge in [-0.3, -0.25) is 9.59 Å². The molecule has 1 atom stereocenters. The molecular formula is C21H21ClN2O3. The summed E-state index contributed by atoms with van der Waals surface area (Å²) in [5.74, 6) is -0.617. The number of nitrogens with one attached hydrogen (secondary N) is 1. The number of halogens is 1. The van der Waals surface area contributed by atoms with Gasteiger partial charge in [-0.05, 0) is 17.5 Å². The van der Waals surface area contributed by atoms with Crippen molar-refractivity contribution in [3.05, 3.63) is 70.7 Å². The number of aromatic nitrogens is 1. The van der Waals surface area contributed by atoms with Crippen LogP contribution in [0.25, 0.3) is 0 Å². The zero-order valence-corrected chi connectivity index (χ0v) is 16.0. The van der Waals surface area contributed by atoms with Gasteiger partial charge in [0, 0.05) is 24.6 Å². The molecule has 140 valence electrons. The molecule has 0 fully saturated rings. The predicted molar refractivity (Wildman–Crippen MR) is 105 cm³/mol. The average molecular weight is 385 g/mol. The van der Waals surface area contributed by atoms with Crippen LogP contribution in [0, 0.1) is 5.41 Å². The second-order valence-corrected chi connectivity index (χ2v) is 7.81. The molecule has 2 aromatic rings. The molecule has 0 aliphatic heterocycles. The van der Waals surface area contributed by atoms with Crippen molar-refractivity contribution in [2.45, 2.75) is 32.7 Å². The van der Waals surface area contributed by atoms with Gasteiger partial charge in [0.2, 0.25) is 0 Å². The van der Waals surface area contributed by atoms with Crippen LogP contribution < -0.4 is 5.32 Å². The lowest BCUT2D eigenvalue weighted by Gasteiger charge is -2.32. The van der Waals surface area contributed by atoms with Crippen LogP contribution in [0.1, 0.15) is 37.0 Å². The van der Waals surface area contributed by atoms with Gasteiger partial charge in [-0.2, -0.15) is 0 Å². The molecule has 0 radical (unpaired) electrons. The van der Waals surface area contributed by atoms with Crippen LogP contribution in [0.4, 0.5) is 5.69 Å². The van der Waals surface area contributed by atoms with Crippen molar-refractivity contribution >= 4 is 28.9 Å². The Morgan fingerprint density at radius 3 is 2.52 bits per heavy atom. The minimum Gasteiger partial charge on any atom is -0.512 e. The van der Waals surface area contributed by atoms with Crippen LogP contribution in [0.2, 0.25) is 5.15 Å². The number of nitrogens with zero attached hydrogens (tertiary/aromatic N) is 1. The first-order valence-corrected chi connectivity index (χ1v) is 9.08. The van der Waals surface area contributed by atoms with Crippen LogP contribution in [-0.4, -0.2) is 27.7 Å². The molecule has 1 heterocycles. The Labute approximate surface area is 163 Å². The molecule has 1 aliphatic rings. The Balaban J connectivity index is 2.06. The van der Waals surface area contributed by atoms with Crippen LogP contribution in [0.5, 0.6) is 0 Å². The lowest BCUT2D eigenvalue weighted by atomic mass is 9.74. The Morgan fingerprint density at radius 2 is 1.89 bits per heavy atom. The first kappa shape index (κ1) is 19.1. The van der Waals surface area contributed by atoms with Crippen LogP contribution >= 0.6 is 11.6 Å². The van der Waals surface area contributed by atoms with E-state index in [4.69, 9.17) is 11.6 Å². The van der Waals surface area contributed by atoms with E-state index in [2.05, 4.69) is 10.3 Å². The van der Waals surface area contributed by atoms with Crippen molar-refractivity contribution in [2.24, 2.45) is 5.41 Å². The monoisotopic (exact) mass is 384 g/mol. The molecule has 3 rings (SSSR count). The van der Waals surface area contributed by atoms with E-state index in [9.17, 15) is 14.7 Å². The van der Waals surface area contributed by atoms with Gasteiger partial charge in [0.15, 0.2) is 16.7 Å². The van der Waals surface area contributed by atoms with Crippen molar-refractivity contribution in [3.8, 4) is 0 Å². The number of Topliss-reactive ketones (excluding diaryl/α,β-unsaturated/α-hetero) is 2. The Kier molecular flexibility index (Phi) is 5.33. The Bertz CT molecular complexity index is 907. The van der Waals surface area contributed by atoms with Gasteiger partial charge in [-0.25, -0.2) is 4.98 Å². The topological polar surface area (TPSA) is 79.3 Å². The molecule has 2 N–H and O–H groups in total. The number of hydrogen-bond acceptors (Lipinski definition) is 5. The third-order valence-corrected chi connectivity index (χ3v) is 4.87. The van der Waals surface area contributed by atoms with Crippen LogP contribution in [0.3, 0.4) is 0 Å². The van der Waals surface area contributed by atoms with E-state index in [1.807, 2.05) is 19.9 Å². The van der Waals surface area contributed by atoms with Crippen LogP contribution in [-0.2, 0) is 4.79 Å². The second kappa shape index (κ2) is 7.53. The molecule has 0 bridgehead atoms. The summed E-state index contributed by atoms with van der Waals surface area (Å²) in [6.45, 7) is 3.83. The smallest absolute Gasteiger partial charge is 0.189 e. The number of anilines is 1. The van der Waals surface area contributed by atoms with E-state index in [0.717, 1.165) is 0 Å². The number of hydrogen-bond donors (Lipinski definition) is 2. The minimum atomic E-state index is -1.04. The van der Waals surface area contributed by atoms with Gasteiger partial charge in [0.05, 0.1) is 11.3 Å². The molecule has 1 aliphatic carbocycles. The first-order chi connectivity index (χ1) is 12.8. The standard InChI is InChI=1S/C21H21ClN2O3/c1-21(2)11-15(25)17(16(26)12-21)18(19(27)13-7-4-3-5-8-13)24-14-9-6-10-23-20(14)22/h3-10,18,24-25H,11-12H2,1-2H3. The Morgan fingerprint density at radius 1 is 1.19 bits per heavy atom. The summed E-state index contributed by atoms with van der Waals surface area (Å²) in [6.07, 6.45) is 2.12. The maximum Gasteiger partial charge on any atom is 0.189 e. The quantitative estimate of drug-likeness (QED) is 0.581. The van der Waals surface area contributed by atoms with E-state index in [1.165, 1.54) is 6.20 Å². The third-order valence-electron chi connectivity index (χ3n) is 4.56. The number of ketones is 2. The number of rotatable bonds is 5. The molecule has 1 unspecified atom stereocenters. The lowest BCUT2D eigenvalue weighted by molar-refractivity contribution is -0.118. The van der Waals surface area contributed by atoms with E-state index in [1.54, 1.807) is 36.4 Å². The maximum absolute atomic E-state index is 13.2. The number of benzene rings is 1. The van der Waals surface area contributed by atoms with Crippen molar-refractivity contribution in [1.29, 1.82) is 0 Å². The van der Waals surface area contributed by atoms with E-state index in [0.29, 0.717) is 17.7 Å². The summed E-state index contributed by atoms with van der Waals surface area (Å²) in [5, 5.41) is 13.8. The fourth-order valence-corrected chi connectivity index (χ4v) is 3.49. The van der Waals surface area contributed by atoms with E-state index < -0.39 is 6.04 Å². The maximum atomic E-state index is 13.2. The molecule has 0 saturated carbocycles. The van der Waals surface area contributed by atoms with Crippen LogP contribution in [0.15, 0.2) is 60.0 Å². The summed E-state index contributed by atoms with van der Waals surface area (Å²) in [5.41, 5.74) is 0.610. The molecule has 5 nitrogen and oxygen atoms in total. The fourth-order valence-electron chi connectivity index (χ4n) is 3.32. The average Bonchev–Trinajstić information content (AvgIpc) is 2.61. The molecular weight excluding hydrogens is 364 g/mol. The van der Waals surface area contributed by atoms with Crippen molar-refractivity contribution in [3.63, 3.8) is 0 Å². The van der Waals surface area contributed by atoms with Gasteiger partial charge in [0.1, 0.15) is 11.8 Å². The van der Waals surface area contributed by atoms with E-state index in [-0.39, 0.29) is 39.9 Å².